The summed E-state index contributed by atoms with van der Waals surface area (Å²) in [6, 6.07) is 48.0. The first-order valence-corrected chi connectivity index (χ1v) is 18.7. The summed E-state index contributed by atoms with van der Waals surface area (Å²) < 4.78 is 5.18. The molecule has 10 nitrogen and oxygen atoms in total. The third-order valence-corrected chi connectivity index (χ3v) is 9.29. The molecule has 0 spiro atoms. The van der Waals surface area contributed by atoms with Gasteiger partial charge in [-0.3, -0.25) is 9.97 Å². The second kappa shape index (κ2) is 17.4. The Labute approximate surface area is 334 Å². The van der Waals surface area contributed by atoms with Crippen LogP contribution in [0.3, 0.4) is 0 Å². The standard InChI is InChI=1S/C26H21N5O.C20H15ClN4/c1-32-23-14-13-19(16-28-23)25-30-22-12-7-11-21(18-8-3-2-4-9-18)24(22)26(31-25)29-17-20-10-5-6-15-27-20;21-20-24-17-11-6-10-16(14-7-2-1-3-8-14)18(17)19(25-20)23-13-15-9-4-5-12-22-15/h2-16H,17H2,1H3,(H,29,30,31);1-12H,13H2,(H,23,24,25). The maximum absolute atomic E-state index is 6.13. The number of hydrogen-bond donors (Lipinski definition) is 2. The number of pyridine rings is 3. The van der Waals surface area contributed by atoms with Crippen LogP contribution in [0.25, 0.3) is 55.4 Å². The number of rotatable bonds is 10. The number of nitrogens with zero attached hydrogens (tertiary/aromatic N) is 7. The fraction of sp³-hybridized carbons (Fsp3) is 0.0652. The Morgan fingerprint density at radius 2 is 1.04 bits per heavy atom. The minimum atomic E-state index is 0.223. The Hall–Kier alpha value is -7.30. The summed E-state index contributed by atoms with van der Waals surface area (Å²) in [5, 5.41) is 8.99. The van der Waals surface area contributed by atoms with Gasteiger partial charge in [0, 0.05) is 30.2 Å². The van der Waals surface area contributed by atoms with Crippen LogP contribution in [-0.2, 0) is 13.1 Å². The molecule has 0 fully saturated rings. The van der Waals surface area contributed by atoms with E-state index in [0.29, 0.717) is 30.6 Å². The highest BCUT2D eigenvalue weighted by atomic mass is 35.5. The lowest BCUT2D eigenvalue weighted by Gasteiger charge is -2.14. The first kappa shape index (κ1) is 36.7. The highest BCUT2D eigenvalue weighted by Crippen LogP contribution is 2.35. The van der Waals surface area contributed by atoms with E-state index in [1.807, 2.05) is 109 Å². The average molecular weight is 766 g/mol. The summed E-state index contributed by atoms with van der Waals surface area (Å²) in [4.78, 5) is 31.6. The lowest BCUT2D eigenvalue weighted by atomic mass is 10.0. The van der Waals surface area contributed by atoms with Crippen molar-refractivity contribution in [2.24, 2.45) is 0 Å². The van der Waals surface area contributed by atoms with Crippen LogP contribution in [0.1, 0.15) is 11.4 Å². The van der Waals surface area contributed by atoms with Crippen molar-refractivity contribution in [1.82, 2.24) is 34.9 Å². The normalized spacial score (nSPS) is 10.8. The predicted octanol–water partition coefficient (Wildman–Crippen LogP) is 10.3. The molecule has 2 N–H and O–H groups in total. The molecule has 9 rings (SSSR count). The number of methoxy groups -OCH3 is 1. The number of nitrogens with one attached hydrogen (secondary N) is 2. The molecule has 11 heteroatoms. The molecule has 278 valence electrons. The molecule has 0 atom stereocenters. The number of anilines is 2. The molecule has 0 radical (unpaired) electrons. The molecule has 4 aromatic carbocycles. The van der Waals surface area contributed by atoms with Gasteiger partial charge in [-0.15, -0.1) is 0 Å². The molecule has 0 aliphatic carbocycles. The highest BCUT2D eigenvalue weighted by Gasteiger charge is 2.16. The van der Waals surface area contributed by atoms with Crippen LogP contribution >= 0.6 is 11.6 Å². The van der Waals surface area contributed by atoms with Gasteiger partial charge < -0.3 is 15.4 Å². The monoisotopic (exact) mass is 765 g/mol. The van der Waals surface area contributed by atoms with E-state index in [1.54, 1.807) is 25.7 Å². The summed E-state index contributed by atoms with van der Waals surface area (Å²) in [5.74, 6) is 2.61. The Balaban J connectivity index is 0.000000165. The first-order chi connectivity index (χ1) is 28.1. The molecule has 0 aliphatic heterocycles. The Bertz CT molecular complexity index is 2720. The fourth-order valence-electron chi connectivity index (χ4n) is 6.43. The molecule has 5 heterocycles. The molecular formula is C46H36ClN9O. The molecule has 9 aromatic rings. The lowest BCUT2D eigenvalue weighted by Crippen LogP contribution is -2.06. The minimum Gasteiger partial charge on any atom is -0.481 e. The quantitative estimate of drug-likeness (QED) is 0.130. The average Bonchev–Trinajstić information content (AvgIpc) is 3.28. The SMILES string of the molecule is COc1ccc(-c2nc(NCc3ccccn3)c3c(-c4ccccc4)cccc3n2)cn1.Clc1nc(NCc2ccccn2)c2c(-c3ccccc3)cccc2n1. The van der Waals surface area contributed by atoms with Crippen molar-refractivity contribution in [2.45, 2.75) is 13.1 Å². The van der Waals surface area contributed by atoms with Gasteiger partial charge in [0.05, 0.1) is 53.4 Å². The third-order valence-electron chi connectivity index (χ3n) is 9.12. The smallest absolute Gasteiger partial charge is 0.224 e. The molecule has 0 unspecified atom stereocenters. The zero-order valence-corrected chi connectivity index (χ0v) is 31.7. The second-order valence-corrected chi connectivity index (χ2v) is 13.1. The zero-order chi connectivity index (χ0) is 38.8. The van der Waals surface area contributed by atoms with Gasteiger partial charge in [0.1, 0.15) is 11.6 Å². The van der Waals surface area contributed by atoms with Gasteiger partial charge in [0.25, 0.3) is 0 Å². The van der Waals surface area contributed by atoms with Crippen LogP contribution in [0.4, 0.5) is 11.6 Å². The summed E-state index contributed by atoms with van der Waals surface area (Å²) in [6.45, 7) is 1.11. The van der Waals surface area contributed by atoms with E-state index >= 15 is 0 Å². The van der Waals surface area contributed by atoms with E-state index in [1.165, 1.54) is 0 Å². The summed E-state index contributed by atoms with van der Waals surface area (Å²) >= 11 is 6.13. The van der Waals surface area contributed by atoms with Crippen molar-refractivity contribution < 1.29 is 4.74 Å². The maximum atomic E-state index is 6.13. The van der Waals surface area contributed by atoms with E-state index in [-0.39, 0.29) is 5.28 Å². The summed E-state index contributed by atoms with van der Waals surface area (Å²) in [6.07, 6.45) is 5.29. The molecular weight excluding hydrogens is 730 g/mol. The van der Waals surface area contributed by atoms with Gasteiger partial charge >= 0.3 is 0 Å². The number of hydrogen-bond acceptors (Lipinski definition) is 10. The number of benzene rings is 4. The molecule has 0 amide bonds. The van der Waals surface area contributed by atoms with Gasteiger partial charge in [-0.2, -0.15) is 0 Å². The van der Waals surface area contributed by atoms with Crippen molar-refractivity contribution in [3.05, 3.63) is 181 Å². The third kappa shape index (κ3) is 8.67. The minimum absolute atomic E-state index is 0.223. The molecule has 5 aromatic heterocycles. The highest BCUT2D eigenvalue weighted by molar-refractivity contribution is 6.29. The predicted molar refractivity (Wildman–Crippen MR) is 228 cm³/mol. The number of ether oxygens (including phenoxy) is 1. The van der Waals surface area contributed by atoms with Crippen LogP contribution in [0.2, 0.25) is 5.28 Å². The van der Waals surface area contributed by atoms with Gasteiger partial charge in [-0.1, -0.05) is 97.1 Å². The number of halogens is 1. The molecule has 57 heavy (non-hydrogen) atoms. The van der Waals surface area contributed by atoms with Crippen molar-refractivity contribution in [3.8, 4) is 39.5 Å². The van der Waals surface area contributed by atoms with Crippen LogP contribution in [0, 0.1) is 0 Å². The van der Waals surface area contributed by atoms with Crippen LogP contribution < -0.4 is 15.4 Å². The Kier molecular flexibility index (Phi) is 11.2. The Morgan fingerprint density at radius 3 is 1.54 bits per heavy atom. The zero-order valence-electron chi connectivity index (χ0n) is 30.9. The van der Waals surface area contributed by atoms with E-state index in [2.05, 4.69) is 72.0 Å². The van der Waals surface area contributed by atoms with Gasteiger partial charge in [-0.05, 0) is 76.3 Å². The van der Waals surface area contributed by atoms with Gasteiger partial charge in [0.2, 0.25) is 11.2 Å². The fourth-order valence-corrected chi connectivity index (χ4v) is 6.60. The van der Waals surface area contributed by atoms with Crippen molar-refractivity contribution in [3.63, 3.8) is 0 Å². The summed E-state index contributed by atoms with van der Waals surface area (Å²) in [7, 11) is 1.60. The Morgan fingerprint density at radius 1 is 0.491 bits per heavy atom. The first-order valence-electron chi connectivity index (χ1n) is 18.3. The largest absolute Gasteiger partial charge is 0.481 e. The molecule has 0 saturated carbocycles. The number of aromatic nitrogens is 7. The molecule has 0 saturated heterocycles. The topological polar surface area (TPSA) is 124 Å². The molecule has 0 bridgehead atoms. The van der Waals surface area contributed by atoms with E-state index in [4.69, 9.17) is 26.3 Å². The van der Waals surface area contributed by atoms with Crippen molar-refractivity contribution in [1.29, 1.82) is 0 Å². The van der Waals surface area contributed by atoms with Crippen LogP contribution in [0.15, 0.2) is 164 Å². The van der Waals surface area contributed by atoms with E-state index < -0.39 is 0 Å². The van der Waals surface area contributed by atoms with Crippen molar-refractivity contribution >= 4 is 45.0 Å². The lowest BCUT2D eigenvalue weighted by molar-refractivity contribution is 0.398. The van der Waals surface area contributed by atoms with Gasteiger partial charge in [-0.25, -0.2) is 24.9 Å². The van der Waals surface area contributed by atoms with Crippen LogP contribution in [-0.4, -0.2) is 42.0 Å². The van der Waals surface area contributed by atoms with E-state index in [0.717, 1.165) is 66.8 Å². The van der Waals surface area contributed by atoms with Crippen molar-refractivity contribution in [2.75, 3.05) is 17.7 Å². The summed E-state index contributed by atoms with van der Waals surface area (Å²) in [5.41, 5.74) is 8.72. The second-order valence-electron chi connectivity index (χ2n) is 12.8. The van der Waals surface area contributed by atoms with E-state index in [9.17, 15) is 0 Å². The number of fused-ring (bicyclic) bond motifs is 2. The maximum Gasteiger partial charge on any atom is 0.224 e. The molecule has 0 aliphatic rings. The van der Waals surface area contributed by atoms with Gasteiger partial charge in [0.15, 0.2) is 5.82 Å². The van der Waals surface area contributed by atoms with Crippen LogP contribution in [0.5, 0.6) is 5.88 Å².